The van der Waals surface area contributed by atoms with Gasteiger partial charge in [0.15, 0.2) is 3.83 Å². The Kier molecular flexibility index (Phi) is 5.43. The van der Waals surface area contributed by atoms with E-state index in [1.54, 1.807) is 0 Å². The van der Waals surface area contributed by atoms with Crippen LogP contribution in [-0.4, -0.2) is 24.2 Å². The number of ether oxygens (including phenoxy) is 1. The molecule has 0 spiro atoms. The zero-order valence-electron chi connectivity index (χ0n) is 11.9. The SMILES string of the molecule is CCOC(n1c(I)nc2cc(Cl)c(I)cc21)[Si](C)(C)C. The molecule has 110 valence electrons. The van der Waals surface area contributed by atoms with E-state index in [-0.39, 0.29) is 5.85 Å². The monoisotopic (exact) mass is 534 g/mol. The van der Waals surface area contributed by atoms with E-state index in [0.717, 1.165) is 23.5 Å². The number of halogens is 3. The summed E-state index contributed by atoms with van der Waals surface area (Å²) in [5.41, 5.74) is 2.03. The topological polar surface area (TPSA) is 27.1 Å². The first-order valence-corrected chi connectivity index (χ1v) is 12.5. The van der Waals surface area contributed by atoms with Crippen molar-refractivity contribution in [1.29, 1.82) is 0 Å². The molecule has 0 N–H and O–H groups in total. The van der Waals surface area contributed by atoms with Crippen LogP contribution in [0, 0.1) is 7.40 Å². The molecular formula is C13H17ClI2N2OSi. The van der Waals surface area contributed by atoms with Gasteiger partial charge in [-0.3, -0.25) is 4.57 Å². The molecule has 0 bridgehead atoms. The Morgan fingerprint density at radius 1 is 1.35 bits per heavy atom. The highest BCUT2D eigenvalue weighted by atomic mass is 127. The van der Waals surface area contributed by atoms with Gasteiger partial charge in [0.2, 0.25) is 0 Å². The maximum Gasteiger partial charge on any atom is 0.174 e. The fraction of sp³-hybridized carbons (Fsp3) is 0.462. The number of hydrogen-bond acceptors (Lipinski definition) is 2. The summed E-state index contributed by atoms with van der Waals surface area (Å²) >= 11 is 10.7. The molecule has 3 nitrogen and oxygen atoms in total. The summed E-state index contributed by atoms with van der Waals surface area (Å²) in [6, 6.07) is 4.03. The fourth-order valence-corrected chi connectivity index (χ4v) is 5.50. The van der Waals surface area contributed by atoms with Gasteiger partial charge in [-0.15, -0.1) is 0 Å². The number of fused-ring (bicyclic) bond motifs is 1. The molecule has 1 unspecified atom stereocenters. The van der Waals surface area contributed by atoms with Gasteiger partial charge in [-0.2, -0.15) is 0 Å². The van der Waals surface area contributed by atoms with Crippen molar-refractivity contribution in [3.63, 3.8) is 0 Å². The van der Waals surface area contributed by atoms with Gasteiger partial charge in [-0.25, -0.2) is 4.98 Å². The summed E-state index contributed by atoms with van der Waals surface area (Å²) in [6.07, 6.45) is 0. The molecule has 0 radical (unpaired) electrons. The lowest BCUT2D eigenvalue weighted by molar-refractivity contribution is 0.0647. The smallest absolute Gasteiger partial charge is 0.174 e. The van der Waals surface area contributed by atoms with Gasteiger partial charge in [0, 0.05) is 32.8 Å². The molecular weight excluding hydrogens is 518 g/mol. The zero-order chi connectivity index (χ0) is 15.1. The summed E-state index contributed by atoms with van der Waals surface area (Å²) < 4.78 is 10.3. The minimum Gasteiger partial charge on any atom is -0.362 e. The molecule has 0 fully saturated rings. The summed E-state index contributed by atoms with van der Waals surface area (Å²) in [6.45, 7) is 9.69. The fourth-order valence-electron chi connectivity index (χ4n) is 2.15. The number of rotatable bonds is 4. The first-order valence-electron chi connectivity index (χ1n) is 6.39. The Labute approximate surface area is 152 Å². The Bertz CT molecular complexity index is 639. The highest BCUT2D eigenvalue weighted by Crippen LogP contribution is 2.32. The quantitative estimate of drug-likeness (QED) is 0.393. The Morgan fingerprint density at radius 3 is 2.55 bits per heavy atom. The van der Waals surface area contributed by atoms with Crippen LogP contribution < -0.4 is 0 Å². The Hall–Kier alpha value is 0.617. The molecule has 2 rings (SSSR count). The maximum absolute atomic E-state index is 6.20. The van der Waals surface area contributed by atoms with Crippen LogP contribution in [0.4, 0.5) is 0 Å². The van der Waals surface area contributed by atoms with Crippen molar-refractivity contribution >= 4 is 75.9 Å². The predicted molar refractivity (Wildman–Crippen MR) is 104 cm³/mol. The van der Waals surface area contributed by atoms with Crippen molar-refractivity contribution in [2.24, 2.45) is 0 Å². The van der Waals surface area contributed by atoms with E-state index in [9.17, 15) is 0 Å². The minimum absolute atomic E-state index is 0.0846. The van der Waals surface area contributed by atoms with Crippen molar-refractivity contribution in [1.82, 2.24) is 9.55 Å². The molecule has 0 saturated carbocycles. The molecule has 0 saturated heterocycles. The third kappa shape index (κ3) is 3.34. The highest BCUT2D eigenvalue weighted by Gasteiger charge is 2.32. The molecule has 20 heavy (non-hydrogen) atoms. The lowest BCUT2D eigenvalue weighted by Crippen LogP contribution is -2.37. The maximum atomic E-state index is 6.20. The van der Waals surface area contributed by atoms with Crippen LogP contribution in [0.2, 0.25) is 24.7 Å². The van der Waals surface area contributed by atoms with Crippen LogP contribution >= 0.6 is 56.8 Å². The minimum atomic E-state index is -1.53. The van der Waals surface area contributed by atoms with Crippen LogP contribution in [0.15, 0.2) is 12.1 Å². The van der Waals surface area contributed by atoms with E-state index in [1.807, 2.05) is 13.0 Å². The molecule has 0 aliphatic rings. The van der Waals surface area contributed by atoms with Crippen LogP contribution in [0.5, 0.6) is 0 Å². The molecule has 1 aromatic heterocycles. The zero-order valence-corrected chi connectivity index (χ0v) is 17.9. The number of nitrogens with zero attached hydrogens (tertiary/aromatic N) is 2. The van der Waals surface area contributed by atoms with E-state index in [0.29, 0.717) is 6.61 Å². The standard InChI is InChI=1S/C13H17ClI2N2OSi/c1-5-19-13(20(2,3)4)18-11-7-9(15)8(14)6-10(11)17-12(18)16/h6-7,13H,5H2,1-4H3. The Morgan fingerprint density at radius 2 is 2.00 bits per heavy atom. The molecule has 0 aliphatic carbocycles. The van der Waals surface area contributed by atoms with Crippen LogP contribution in [0.1, 0.15) is 12.8 Å². The molecule has 2 aromatic rings. The van der Waals surface area contributed by atoms with Gasteiger partial charge in [-0.05, 0) is 41.6 Å². The number of aromatic nitrogens is 2. The van der Waals surface area contributed by atoms with Crippen molar-refractivity contribution < 1.29 is 4.74 Å². The number of hydrogen-bond donors (Lipinski definition) is 0. The van der Waals surface area contributed by atoms with Gasteiger partial charge < -0.3 is 4.74 Å². The largest absolute Gasteiger partial charge is 0.362 e. The van der Waals surface area contributed by atoms with Crippen molar-refractivity contribution in [2.75, 3.05) is 6.61 Å². The van der Waals surface area contributed by atoms with Gasteiger partial charge in [-0.1, -0.05) is 31.2 Å². The lowest BCUT2D eigenvalue weighted by atomic mass is 10.3. The average Bonchev–Trinajstić information content (AvgIpc) is 2.61. The van der Waals surface area contributed by atoms with Crippen molar-refractivity contribution in [2.45, 2.75) is 32.4 Å². The van der Waals surface area contributed by atoms with E-state index < -0.39 is 8.07 Å². The van der Waals surface area contributed by atoms with E-state index in [1.165, 1.54) is 0 Å². The molecule has 7 heteroatoms. The Balaban J connectivity index is 2.68. The first-order chi connectivity index (χ1) is 9.25. The summed E-state index contributed by atoms with van der Waals surface area (Å²) in [4.78, 5) is 4.64. The van der Waals surface area contributed by atoms with Crippen molar-refractivity contribution in [3.8, 4) is 0 Å². The van der Waals surface area contributed by atoms with Gasteiger partial charge >= 0.3 is 0 Å². The van der Waals surface area contributed by atoms with E-state index >= 15 is 0 Å². The molecule has 0 aliphatic heterocycles. The van der Waals surface area contributed by atoms with Crippen LogP contribution in [0.25, 0.3) is 11.0 Å². The van der Waals surface area contributed by atoms with E-state index in [4.69, 9.17) is 16.3 Å². The van der Waals surface area contributed by atoms with Gasteiger partial charge in [0.1, 0.15) is 13.9 Å². The molecule has 1 heterocycles. The summed E-state index contributed by atoms with van der Waals surface area (Å²) in [5.74, 6) is 0.0846. The number of imidazole rings is 1. The second kappa shape index (κ2) is 6.39. The predicted octanol–water partition coefficient (Wildman–Crippen LogP) is 5.31. The van der Waals surface area contributed by atoms with Gasteiger partial charge in [0.25, 0.3) is 0 Å². The average molecular weight is 535 g/mol. The van der Waals surface area contributed by atoms with E-state index in [2.05, 4.69) is 80.4 Å². The molecule has 0 amide bonds. The van der Waals surface area contributed by atoms with Crippen molar-refractivity contribution in [3.05, 3.63) is 24.6 Å². The second-order valence-electron chi connectivity index (χ2n) is 5.68. The normalized spacial score (nSPS) is 13.9. The summed E-state index contributed by atoms with van der Waals surface area (Å²) in [5, 5.41) is 0.750. The first kappa shape index (κ1) is 17.0. The van der Waals surface area contributed by atoms with Gasteiger partial charge in [0.05, 0.1) is 16.1 Å². The molecule has 1 atom stereocenters. The second-order valence-corrected chi connectivity index (χ2v) is 13.4. The van der Waals surface area contributed by atoms with Crippen LogP contribution in [-0.2, 0) is 4.74 Å². The lowest BCUT2D eigenvalue weighted by Gasteiger charge is -2.30. The number of benzene rings is 1. The molecule has 1 aromatic carbocycles. The highest BCUT2D eigenvalue weighted by molar-refractivity contribution is 14.1. The summed E-state index contributed by atoms with van der Waals surface area (Å²) in [7, 11) is -1.53. The third-order valence-corrected chi connectivity index (χ3v) is 7.18. The van der Waals surface area contributed by atoms with Crippen LogP contribution in [0.3, 0.4) is 0 Å². The third-order valence-electron chi connectivity index (χ3n) is 2.99.